The minimum atomic E-state index is -0.665. The fraction of sp³-hybridized carbons (Fsp3) is 0.434. The number of anilines is 11. The molecule has 2 amide bonds. The highest BCUT2D eigenvalue weighted by Gasteiger charge is 2.33. The van der Waals surface area contributed by atoms with Crippen LogP contribution in [-0.2, 0) is 9.47 Å². The van der Waals surface area contributed by atoms with Gasteiger partial charge < -0.3 is 84.6 Å². The van der Waals surface area contributed by atoms with Gasteiger partial charge in [0.05, 0.1) is 90.9 Å². The number of halogens is 8. The van der Waals surface area contributed by atoms with E-state index in [4.69, 9.17) is 41.0 Å². The number of ether oxygens (including phenoxy) is 5. The van der Waals surface area contributed by atoms with E-state index in [0.29, 0.717) is 130 Å². The van der Waals surface area contributed by atoms with Crippen molar-refractivity contribution in [1.29, 1.82) is 0 Å². The van der Waals surface area contributed by atoms with Crippen molar-refractivity contribution in [3.8, 4) is 51.0 Å². The van der Waals surface area contributed by atoms with Crippen molar-refractivity contribution >= 4 is 99.7 Å². The number of pyridine rings is 3. The van der Waals surface area contributed by atoms with Gasteiger partial charge in [-0.2, -0.15) is 0 Å². The van der Waals surface area contributed by atoms with Gasteiger partial charge in [0.2, 0.25) is 17.2 Å². The highest BCUT2D eigenvalue weighted by molar-refractivity contribution is 6.28. The summed E-state index contributed by atoms with van der Waals surface area (Å²) < 4.78 is 115. The lowest BCUT2D eigenvalue weighted by Gasteiger charge is -2.36. The molecule has 5 N–H and O–H groups in total. The summed E-state index contributed by atoms with van der Waals surface area (Å²) in [5.74, 6) is -0.176. The number of benzene rings is 3. The third-order valence-electron chi connectivity index (χ3n) is 19.4. The standard InChI is InChI=1S/C29H35F2N7O3.C24H27F2N7O.C15H14ClF2N3O.C14H22N4O2.CH4.ClH/c1-18(2)38-12-13-40-26-21(30)14-19(15-23(26)38)25-22(31)17-33-27(35-25)34-20-6-7-24(32-16-20)36-8-10-37(11-9-36)28(39)41-29(3,4)5;1-15(2)33-9-10-34-23-18(25)11-16(12-20(23)33)22-19(26)14-29-24(31-22)30-17-3-4-21(28-13-17)32-7-5-27-6-8-32;1-8(2)21-3-4-22-14-10(17)5-9(6-12(14)21)13-11(18)7-19-15(16)20-13;1-14(2,3)20-13(19)18-8-6-17(7-9-18)12-5-4-11(15)10-16-12;;/h6-7,14-18H,8-13H2,1-5H3,(H,33,34,35);3-4,11-15,27H,5-10H2,1-2H3,(H,29,30,31);5-8H,3-4H2,1-2H3;4-5,10H,6-9,15H2,1-3H3;1H4;1H. The lowest BCUT2D eigenvalue weighted by Crippen LogP contribution is -2.50. The summed E-state index contributed by atoms with van der Waals surface area (Å²) in [6, 6.07) is 20.4. The molecule has 0 saturated carbocycles. The Kier molecular flexibility index (Phi) is 29.8. The van der Waals surface area contributed by atoms with Gasteiger partial charge in [0.15, 0.2) is 52.2 Å². The van der Waals surface area contributed by atoms with Gasteiger partial charge in [0.25, 0.3) is 0 Å². The van der Waals surface area contributed by atoms with Crippen LogP contribution in [0.5, 0.6) is 17.2 Å². The van der Waals surface area contributed by atoms with Gasteiger partial charge in [-0.05, 0) is 167 Å². The van der Waals surface area contributed by atoms with Gasteiger partial charge >= 0.3 is 12.2 Å². The fourth-order valence-electron chi connectivity index (χ4n) is 13.7. The smallest absolute Gasteiger partial charge is 0.410 e. The Bertz CT molecular complexity index is 4940. The molecular formula is C83H103Cl2F6N21O7. The number of carbonyl (C=O) groups excluding carboxylic acids is 2. The monoisotopic (exact) mass is 1690 g/mol. The van der Waals surface area contributed by atoms with Crippen LogP contribution in [0.1, 0.15) is 90.5 Å². The number of carbonyl (C=O) groups is 2. The van der Waals surface area contributed by atoms with Crippen LogP contribution in [0.4, 0.5) is 99.4 Å². The molecule has 36 heteroatoms. The number of rotatable bonds is 13. The molecule has 638 valence electrons. The van der Waals surface area contributed by atoms with Crippen LogP contribution in [0.15, 0.2) is 110 Å². The maximum absolute atomic E-state index is 15.0. The first kappa shape index (κ1) is 89.9. The molecule has 0 atom stereocenters. The molecular weight excluding hydrogens is 1590 g/mol. The van der Waals surface area contributed by atoms with E-state index in [1.165, 1.54) is 18.2 Å². The van der Waals surface area contributed by atoms with Crippen LogP contribution in [-0.4, -0.2) is 214 Å². The van der Waals surface area contributed by atoms with Crippen LogP contribution in [0, 0.1) is 34.9 Å². The van der Waals surface area contributed by atoms with E-state index in [0.717, 1.165) is 75.3 Å². The number of piperazine rings is 3. The number of fused-ring (bicyclic) bond motifs is 3. The molecule has 119 heavy (non-hydrogen) atoms. The molecule has 15 rings (SSSR count). The maximum atomic E-state index is 15.0. The van der Waals surface area contributed by atoms with Gasteiger partial charge in [-0.3, -0.25) is 0 Å². The minimum Gasteiger partial charge on any atom is -0.486 e. The van der Waals surface area contributed by atoms with Crippen LogP contribution in [0.25, 0.3) is 33.8 Å². The number of nitrogen functional groups attached to an aromatic ring is 1. The molecule has 12 heterocycles. The lowest BCUT2D eigenvalue weighted by atomic mass is 10.1. The highest BCUT2D eigenvalue weighted by Crippen LogP contribution is 2.43. The number of nitrogens with one attached hydrogen (secondary N) is 3. The third kappa shape index (κ3) is 22.9. The van der Waals surface area contributed by atoms with E-state index in [-0.39, 0.29) is 102 Å². The Labute approximate surface area is 700 Å². The SMILES string of the molecule is C.CC(C)(C)OC(=O)N1CCN(c2ccc(N)cn2)CC1.CC(C)N1CCOc2c(F)cc(-c3nc(Cl)ncc3F)cc21.CC(C)N1CCOc2c(F)cc(-c3nc(Nc4ccc(N5CCN(C(=O)OC(C)(C)C)CC5)nc4)ncc3F)cc21.CC(C)N1CCOc2c(F)cc(-c3nc(Nc4ccc(N5CCNCC5)nc4)ncc3F)cc21.Cl. The Hall–Kier alpha value is -11.4. The van der Waals surface area contributed by atoms with Crippen molar-refractivity contribution in [2.24, 2.45) is 0 Å². The first-order valence-electron chi connectivity index (χ1n) is 38.8. The summed E-state index contributed by atoms with van der Waals surface area (Å²) in [7, 11) is 0. The normalized spacial score (nSPS) is 15.1. The van der Waals surface area contributed by atoms with Crippen molar-refractivity contribution < 1.29 is 59.6 Å². The Morgan fingerprint density at radius 3 is 1.11 bits per heavy atom. The zero-order valence-electron chi connectivity index (χ0n) is 67.9. The summed E-state index contributed by atoms with van der Waals surface area (Å²) in [6.07, 6.45) is 7.54. The summed E-state index contributed by atoms with van der Waals surface area (Å²) in [5, 5.41) is 9.34. The Morgan fingerprint density at radius 2 is 0.782 bits per heavy atom. The zero-order chi connectivity index (χ0) is 83.6. The van der Waals surface area contributed by atoms with Gasteiger partial charge in [-0.25, -0.2) is 80.8 Å². The first-order valence-corrected chi connectivity index (χ1v) is 39.2. The molecule has 6 aliphatic heterocycles. The number of nitrogens with zero attached hydrogens (tertiary/aromatic N) is 17. The summed E-state index contributed by atoms with van der Waals surface area (Å²) in [5.41, 5.74) is 9.20. The second-order valence-electron chi connectivity index (χ2n) is 31.1. The molecule has 6 aliphatic rings. The van der Waals surface area contributed by atoms with Gasteiger partial charge in [-0.15, -0.1) is 12.4 Å². The van der Waals surface area contributed by atoms with Crippen molar-refractivity contribution in [3.05, 3.63) is 150 Å². The van der Waals surface area contributed by atoms with Crippen molar-refractivity contribution in [1.82, 2.24) is 60.0 Å². The molecule has 0 unspecified atom stereocenters. The second kappa shape index (κ2) is 39.5. The van der Waals surface area contributed by atoms with Crippen LogP contribution in [0.2, 0.25) is 5.28 Å². The van der Waals surface area contributed by atoms with E-state index >= 15 is 0 Å². The van der Waals surface area contributed by atoms with E-state index in [9.17, 15) is 35.9 Å². The van der Waals surface area contributed by atoms with Crippen molar-refractivity contribution in [2.75, 3.05) is 164 Å². The van der Waals surface area contributed by atoms with Crippen LogP contribution >= 0.6 is 24.0 Å². The number of nitrogens with two attached hydrogens (primary N) is 1. The molecule has 28 nitrogen and oxygen atoms in total. The molecule has 3 fully saturated rings. The Balaban J connectivity index is 0.000000173. The minimum absolute atomic E-state index is 0. The predicted molar refractivity (Wildman–Crippen MR) is 454 cm³/mol. The predicted octanol–water partition coefficient (Wildman–Crippen LogP) is 15.3. The lowest BCUT2D eigenvalue weighted by molar-refractivity contribution is 0.0230. The molecule has 3 aromatic carbocycles. The van der Waals surface area contributed by atoms with Gasteiger partial charge in [-0.1, -0.05) is 7.43 Å². The second-order valence-corrected chi connectivity index (χ2v) is 31.4. The number of hydrogen-bond donors (Lipinski definition) is 4. The molecule has 0 aliphatic carbocycles. The van der Waals surface area contributed by atoms with E-state index < -0.39 is 46.1 Å². The van der Waals surface area contributed by atoms with Crippen molar-refractivity contribution in [3.63, 3.8) is 0 Å². The van der Waals surface area contributed by atoms with Crippen LogP contribution in [0.3, 0.4) is 0 Å². The summed E-state index contributed by atoms with van der Waals surface area (Å²) >= 11 is 5.71. The average Bonchev–Trinajstić information content (AvgIpc) is 0.783. The third-order valence-corrected chi connectivity index (χ3v) is 19.5. The van der Waals surface area contributed by atoms with Crippen molar-refractivity contribution in [2.45, 2.75) is 120 Å². The van der Waals surface area contributed by atoms with E-state index in [1.54, 1.807) is 46.6 Å². The molecule has 6 aromatic heterocycles. The highest BCUT2D eigenvalue weighted by atomic mass is 35.5. The van der Waals surface area contributed by atoms with E-state index in [1.807, 2.05) is 134 Å². The van der Waals surface area contributed by atoms with Crippen LogP contribution < -0.4 is 65.3 Å². The molecule has 0 radical (unpaired) electrons. The summed E-state index contributed by atoms with van der Waals surface area (Å²) in [6.45, 7) is 35.1. The molecule has 0 spiro atoms. The Morgan fingerprint density at radius 1 is 0.445 bits per heavy atom. The number of hydrogen-bond acceptors (Lipinski definition) is 26. The first-order chi connectivity index (χ1) is 55.8. The maximum Gasteiger partial charge on any atom is 0.410 e. The average molecular weight is 1690 g/mol. The van der Waals surface area contributed by atoms with E-state index in [2.05, 4.69) is 75.5 Å². The van der Waals surface area contributed by atoms with Gasteiger partial charge in [0.1, 0.15) is 65.6 Å². The number of aromatic nitrogens is 9. The molecule has 0 bridgehead atoms. The topological polar surface area (TPSA) is 284 Å². The van der Waals surface area contributed by atoms with Gasteiger partial charge in [0, 0.05) is 113 Å². The summed E-state index contributed by atoms with van der Waals surface area (Å²) in [4.78, 5) is 77.8. The largest absolute Gasteiger partial charge is 0.486 e. The molecule has 9 aromatic rings. The quantitative estimate of drug-likeness (QED) is 0.0616. The molecule has 3 saturated heterocycles. The fourth-order valence-corrected chi connectivity index (χ4v) is 13.8. The number of amides is 2. The zero-order valence-corrected chi connectivity index (χ0v) is 69.5.